The number of pyridine rings is 1. The molecule has 0 fully saturated rings. The van der Waals surface area contributed by atoms with Crippen molar-refractivity contribution in [2.24, 2.45) is 0 Å². The summed E-state index contributed by atoms with van der Waals surface area (Å²) in [6.07, 6.45) is -3.17. The predicted molar refractivity (Wildman–Crippen MR) is 85.9 cm³/mol. The van der Waals surface area contributed by atoms with Gasteiger partial charge >= 0.3 is 6.36 Å². The molecule has 124 valence electrons. The van der Waals surface area contributed by atoms with E-state index < -0.39 is 12.3 Å². The van der Waals surface area contributed by atoms with Gasteiger partial charge in [0.2, 0.25) is 0 Å². The van der Waals surface area contributed by atoms with E-state index in [-0.39, 0.29) is 21.1 Å². The zero-order valence-electron chi connectivity index (χ0n) is 11.7. The summed E-state index contributed by atoms with van der Waals surface area (Å²) < 4.78 is 41.3. The summed E-state index contributed by atoms with van der Waals surface area (Å²) in [5.74, 6) is -0.801. The third kappa shape index (κ3) is 3.71. The smallest absolute Gasteiger partial charge is 0.406 e. The first-order valence-corrected chi connectivity index (χ1v) is 7.70. The number of aromatic amines is 1. The highest BCUT2D eigenvalue weighted by Crippen LogP contribution is 2.31. The number of aromatic nitrogens is 2. The van der Waals surface area contributed by atoms with Gasteiger partial charge in [-0.05, 0) is 24.3 Å². The molecule has 0 radical (unpaired) electrons. The number of carbonyl (C=O) groups excluding carboxylic acids is 1. The molecule has 5 nitrogen and oxygen atoms in total. The number of ether oxygens (including phenoxy) is 1. The monoisotopic (exact) mass is 371 g/mol. The Morgan fingerprint density at radius 2 is 2.12 bits per heavy atom. The lowest BCUT2D eigenvalue weighted by molar-refractivity contribution is -0.274. The fourth-order valence-corrected chi connectivity index (χ4v) is 3.04. The van der Waals surface area contributed by atoms with Gasteiger partial charge in [0.15, 0.2) is 5.13 Å². The number of anilines is 1. The summed E-state index contributed by atoms with van der Waals surface area (Å²) in [6.45, 7) is 0. The number of nitrogens with one attached hydrogen (secondary N) is 2. The first kappa shape index (κ1) is 16.4. The van der Waals surface area contributed by atoms with Gasteiger partial charge in [-0.3, -0.25) is 10.1 Å². The average molecular weight is 371 g/mol. The Morgan fingerprint density at radius 3 is 2.83 bits per heavy atom. The van der Waals surface area contributed by atoms with Crippen molar-refractivity contribution < 1.29 is 22.7 Å². The van der Waals surface area contributed by atoms with Gasteiger partial charge < -0.3 is 9.72 Å². The van der Waals surface area contributed by atoms with Crippen LogP contribution in [0.1, 0.15) is 10.4 Å². The lowest BCUT2D eigenvalue weighted by Gasteiger charge is -2.07. The Balaban J connectivity index is 1.85. The van der Waals surface area contributed by atoms with Gasteiger partial charge in [0.1, 0.15) is 10.4 Å². The molecule has 24 heavy (non-hydrogen) atoms. The van der Waals surface area contributed by atoms with Crippen molar-refractivity contribution >= 4 is 44.8 Å². The third-order valence-electron chi connectivity index (χ3n) is 2.88. The molecule has 2 N–H and O–H groups in total. The van der Waals surface area contributed by atoms with Gasteiger partial charge in [-0.15, -0.1) is 13.2 Å². The highest BCUT2D eigenvalue weighted by Gasteiger charge is 2.31. The number of nitrogens with zero attached hydrogens (tertiary/aromatic N) is 1. The largest absolute Gasteiger partial charge is 0.573 e. The van der Waals surface area contributed by atoms with Crippen molar-refractivity contribution in [1.82, 2.24) is 9.97 Å². The molecule has 0 saturated heterocycles. The number of rotatable bonds is 3. The molecule has 0 atom stereocenters. The van der Waals surface area contributed by atoms with Crippen LogP contribution in [0.5, 0.6) is 5.75 Å². The highest BCUT2D eigenvalue weighted by atomic mass is 32.1. The first-order chi connectivity index (χ1) is 11.3. The van der Waals surface area contributed by atoms with E-state index in [9.17, 15) is 18.0 Å². The number of H-pyrrole nitrogens is 1. The quantitative estimate of drug-likeness (QED) is 0.665. The molecule has 0 saturated carbocycles. The summed E-state index contributed by atoms with van der Waals surface area (Å²) in [5, 5.41) is 2.82. The van der Waals surface area contributed by atoms with Crippen molar-refractivity contribution in [3.63, 3.8) is 0 Å². The van der Waals surface area contributed by atoms with Crippen LogP contribution in [0.15, 0.2) is 36.5 Å². The van der Waals surface area contributed by atoms with Crippen LogP contribution in [-0.2, 0) is 0 Å². The summed E-state index contributed by atoms with van der Waals surface area (Å²) in [7, 11) is 0. The SMILES string of the molecule is O=C(Nc1nc2ccc(OC(F)(F)F)cc2s1)c1ccc[nH]c1=S. The maximum atomic E-state index is 12.2. The normalized spacial score (nSPS) is 11.5. The summed E-state index contributed by atoms with van der Waals surface area (Å²) in [4.78, 5) is 19.0. The number of halogens is 3. The second-order valence-electron chi connectivity index (χ2n) is 4.56. The number of benzene rings is 1. The molecule has 2 heterocycles. The van der Waals surface area contributed by atoms with Crippen LogP contribution in [0.25, 0.3) is 10.2 Å². The molecule has 0 bridgehead atoms. The topological polar surface area (TPSA) is 67.0 Å². The Hall–Kier alpha value is -2.46. The van der Waals surface area contributed by atoms with Crippen molar-refractivity contribution in [3.05, 3.63) is 46.7 Å². The molecule has 0 aliphatic rings. The Bertz CT molecular complexity index is 966. The van der Waals surface area contributed by atoms with Crippen molar-refractivity contribution in [3.8, 4) is 5.75 Å². The van der Waals surface area contributed by atoms with Crippen LogP contribution in [0, 0.1) is 4.64 Å². The van der Waals surface area contributed by atoms with E-state index in [0.717, 1.165) is 17.4 Å². The third-order valence-corrected chi connectivity index (χ3v) is 4.15. The molecule has 0 unspecified atom stereocenters. The maximum absolute atomic E-state index is 12.2. The van der Waals surface area contributed by atoms with Gasteiger partial charge in [0.25, 0.3) is 5.91 Å². The van der Waals surface area contributed by atoms with Crippen LogP contribution in [0.3, 0.4) is 0 Å². The second kappa shape index (κ2) is 6.21. The molecule has 0 spiro atoms. The molecular formula is C14H8F3N3O2S2. The number of thiazole rings is 1. The van der Waals surface area contributed by atoms with E-state index in [0.29, 0.717) is 10.2 Å². The molecule has 2 aromatic heterocycles. The number of amides is 1. The van der Waals surface area contributed by atoms with E-state index in [1.165, 1.54) is 12.1 Å². The minimum atomic E-state index is -4.76. The van der Waals surface area contributed by atoms with Gasteiger partial charge in [-0.25, -0.2) is 4.98 Å². The molecule has 3 rings (SSSR count). The number of fused-ring (bicyclic) bond motifs is 1. The molecule has 1 aromatic carbocycles. The van der Waals surface area contributed by atoms with Crippen molar-refractivity contribution in [2.75, 3.05) is 5.32 Å². The molecule has 0 aliphatic carbocycles. The molecule has 10 heteroatoms. The minimum Gasteiger partial charge on any atom is -0.406 e. The second-order valence-corrected chi connectivity index (χ2v) is 6.00. The Kier molecular flexibility index (Phi) is 4.24. The number of alkyl halides is 3. The van der Waals surface area contributed by atoms with E-state index in [1.54, 1.807) is 18.3 Å². The standard InChI is InChI=1S/C14H8F3N3O2S2/c15-14(16,17)22-7-3-4-9-10(6-7)24-13(19-9)20-11(21)8-2-1-5-18-12(8)23/h1-6H,(H,18,23)(H,19,20,21). The fourth-order valence-electron chi connectivity index (χ4n) is 1.92. The van der Waals surface area contributed by atoms with E-state index in [2.05, 4.69) is 20.0 Å². The summed E-state index contributed by atoms with van der Waals surface area (Å²) in [5.41, 5.74) is 0.718. The van der Waals surface area contributed by atoms with Gasteiger partial charge in [0, 0.05) is 12.3 Å². The van der Waals surface area contributed by atoms with Gasteiger partial charge in [-0.2, -0.15) is 0 Å². The van der Waals surface area contributed by atoms with Crippen LogP contribution >= 0.6 is 23.6 Å². The number of carbonyl (C=O) groups is 1. The predicted octanol–water partition coefficient (Wildman–Crippen LogP) is 4.50. The lowest BCUT2D eigenvalue weighted by atomic mass is 10.3. The van der Waals surface area contributed by atoms with E-state index in [1.807, 2.05) is 0 Å². The number of hydrogen-bond donors (Lipinski definition) is 2. The average Bonchev–Trinajstić information content (AvgIpc) is 2.87. The van der Waals surface area contributed by atoms with Crippen LogP contribution in [-0.4, -0.2) is 22.2 Å². The first-order valence-electron chi connectivity index (χ1n) is 6.47. The Morgan fingerprint density at radius 1 is 1.33 bits per heavy atom. The highest BCUT2D eigenvalue weighted by molar-refractivity contribution is 7.71. The van der Waals surface area contributed by atoms with E-state index in [4.69, 9.17) is 12.2 Å². The van der Waals surface area contributed by atoms with Gasteiger partial charge in [0.05, 0.1) is 15.8 Å². The van der Waals surface area contributed by atoms with Crippen LogP contribution in [0.4, 0.5) is 18.3 Å². The van der Waals surface area contributed by atoms with Crippen molar-refractivity contribution in [2.45, 2.75) is 6.36 Å². The molecule has 1 amide bonds. The van der Waals surface area contributed by atoms with E-state index >= 15 is 0 Å². The minimum absolute atomic E-state index is 0.248. The Labute approximate surface area is 142 Å². The molecular weight excluding hydrogens is 363 g/mol. The zero-order chi connectivity index (χ0) is 17.3. The van der Waals surface area contributed by atoms with Crippen molar-refractivity contribution in [1.29, 1.82) is 0 Å². The zero-order valence-corrected chi connectivity index (χ0v) is 13.3. The van der Waals surface area contributed by atoms with Crippen LogP contribution < -0.4 is 10.1 Å². The fraction of sp³-hybridized carbons (Fsp3) is 0.0714. The van der Waals surface area contributed by atoms with Gasteiger partial charge in [-0.1, -0.05) is 23.6 Å². The maximum Gasteiger partial charge on any atom is 0.573 e. The van der Waals surface area contributed by atoms with Crippen LogP contribution in [0.2, 0.25) is 0 Å². The molecule has 3 aromatic rings. The summed E-state index contributed by atoms with van der Waals surface area (Å²) >= 11 is 6.05. The molecule has 0 aliphatic heterocycles. The number of hydrogen-bond acceptors (Lipinski definition) is 5. The lowest BCUT2D eigenvalue weighted by Crippen LogP contribution is -2.16. The summed E-state index contributed by atoms with van der Waals surface area (Å²) in [6, 6.07) is 6.94.